The van der Waals surface area contributed by atoms with Gasteiger partial charge in [-0.1, -0.05) is 45.7 Å². The fraction of sp³-hybridized carbons (Fsp3) is 0.423. The van der Waals surface area contributed by atoms with E-state index in [0.29, 0.717) is 30.5 Å². The first-order valence-electron chi connectivity index (χ1n) is 11.8. The molecule has 0 spiro atoms. The van der Waals surface area contributed by atoms with Gasteiger partial charge < -0.3 is 9.84 Å². The number of anilines is 1. The first kappa shape index (κ1) is 26.2. The van der Waals surface area contributed by atoms with Gasteiger partial charge in [-0.15, -0.1) is 0 Å². The molecule has 3 rings (SSSR count). The molecule has 1 aromatic heterocycles. The van der Waals surface area contributed by atoms with E-state index in [1.807, 2.05) is 26.8 Å². The smallest absolute Gasteiger partial charge is 0.338 e. The maximum atomic E-state index is 13.1. The monoisotopic (exact) mass is 497 g/mol. The molecule has 0 bridgehead atoms. The Labute approximate surface area is 206 Å². The van der Waals surface area contributed by atoms with Crippen LogP contribution in [0.15, 0.2) is 59.0 Å². The van der Waals surface area contributed by atoms with Gasteiger partial charge >= 0.3 is 5.97 Å². The van der Waals surface area contributed by atoms with Crippen LogP contribution < -0.4 is 4.72 Å². The molecule has 1 aromatic carbocycles. The van der Waals surface area contributed by atoms with E-state index in [0.717, 1.165) is 12.8 Å². The molecule has 1 atom stereocenters. The molecule has 2 aromatic rings. The van der Waals surface area contributed by atoms with Gasteiger partial charge in [0, 0.05) is 24.2 Å². The minimum Gasteiger partial charge on any atom is -0.512 e. The number of nitrogens with one attached hydrogen (secondary N) is 1. The highest BCUT2D eigenvalue weighted by molar-refractivity contribution is 7.92. The molecule has 1 aliphatic rings. The summed E-state index contributed by atoms with van der Waals surface area (Å²) in [6.07, 6.45) is 5.02. The number of aliphatic hydroxyl groups excluding tert-OH is 1. The average molecular weight is 498 g/mol. The highest BCUT2D eigenvalue weighted by atomic mass is 32.2. The largest absolute Gasteiger partial charge is 0.512 e. The van der Waals surface area contributed by atoms with Crippen LogP contribution in [0.5, 0.6) is 0 Å². The van der Waals surface area contributed by atoms with Gasteiger partial charge in [-0.05, 0) is 49.1 Å². The van der Waals surface area contributed by atoms with Gasteiger partial charge in [0.05, 0.1) is 11.1 Å². The zero-order chi connectivity index (χ0) is 25.6. The highest BCUT2D eigenvalue weighted by Crippen LogP contribution is 2.42. The zero-order valence-electron chi connectivity index (χ0n) is 20.2. The van der Waals surface area contributed by atoms with E-state index < -0.39 is 27.5 Å². The van der Waals surface area contributed by atoms with E-state index in [4.69, 9.17) is 10.00 Å². The molecule has 1 unspecified atom stereocenters. The number of carbonyl (C=O) groups is 1. The molecule has 9 heteroatoms. The van der Waals surface area contributed by atoms with Gasteiger partial charge in [0.1, 0.15) is 17.4 Å². The van der Waals surface area contributed by atoms with Crippen molar-refractivity contribution >= 4 is 21.7 Å². The Hall–Kier alpha value is -3.38. The van der Waals surface area contributed by atoms with E-state index in [9.17, 15) is 18.3 Å². The fourth-order valence-corrected chi connectivity index (χ4v) is 5.68. The summed E-state index contributed by atoms with van der Waals surface area (Å²) in [6.45, 7) is 5.95. The van der Waals surface area contributed by atoms with Gasteiger partial charge in [-0.2, -0.15) is 13.7 Å². The minimum absolute atomic E-state index is 0.0442. The number of hydrogen-bond acceptors (Lipinski definition) is 7. The number of benzene rings is 1. The lowest BCUT2D eigenvalue weighted by atomic mass is 9.80. The number of sulfonamides is 1. The number of esters is 1. The Morgan fingerprint density at radius 2 is 1.91 bits per heavy atom. The van der Waals surface area contributed by atoms with Crippen molar-refractivity contribution in [2.75, 3.05) is 4.72 Å². The average Bonchev–Trinajstić information content (AvgIpc) is 2.81. The summed E-state index contributed by atoms with van der Waals surface area (Å²) >= 11 is 0. The van der Waals surface area contributed by atoms with Crippen LogP contribution in [0, 0.1) is 11.3 Å². The SMILES string of the molecule is CCCC1(CCC)CC(O)=C(C(CC)c2cccc(NS(=O)(=O)c3ccc(C#N)cn3)c2)C(=O)O1. The molecule has 2 N–H and O–H groups in total. The molecular formula is C26H31N3O5S. The van der Waals surface area contributed by atoms with Crippen molar-refractivity contribution < 1.29 is 23.1 Å². The lowest BCUT2D eigenvalue weighted by Gasteiger charge is -2.38. The predicted octanol–water partition coefficient (Wildman–Crippen LogP) is 5.35. The van der Waals surface area contributed by atoms with Crippen molar-refractivity contribution in [3.8, 4) is 6.07 Å². The summed E-state index contributed by atoms with van der Waals surface area (Å²) in [5.41, 5.74) is 0.772. The Morgan fingerprint density at radius 3 is 2.46 bits per heavy atom. The van der Waals surface area contributed by atoms with Crippen LogP contribution in [-0.4, -0.2) is 30.1 Å². The van der Waals surface area contributed by atoms with E-state index in [2.05, 4.69) is 9.71 Å². The molecule has 35 heavy (non-hydrogen) atoms. The number of aromatic nitrogens is 1. The quantitative estimate of drug-likeness (QED) is 0.423. The van der Waals surface area contributed by atoms with Crippen molar-refractivity contribution in [3.05, 3.63) is 65.1 Å². The summed E-state index contributed by atoms with van der Waals surface area (Å²) in [5, 5.41) is 19.6. The van der Waals surface area contributed by atoms with Crippen LogP contribution >= 0.6 is 0 Å². The third kappa shape index (κ3) is 5.82. The molecule has 186 valence electrons. The van der Waals surface area contributed by atoms with Gasteiger partial charge in [-0.25, -0.2) is 9.78 Å². The maximum absolute atomic E-state index is 13.1. The number of rotatable bonds is 10. The van der Waals surface area contributed by atoms with Crippen LogP contribution in [0.3, 0.4) is 0 Å². The number of nitriles is 1. The van der Waals surface area contributed by atoms with E-state index in [1.165, 1.54) is 18.3 Å². The standard InChI is InChI=1S/C26H31N3O5S/c1-4-12-26(13-5-2)15-22(30)24(25(31)34-26)21(6-3)19-8-7-9-20(14-19)29-35(32,33)23-11-10-18(16-27)17-28-23/h7-11,14,17,21,29-30H,4-6,12-13,15H2,1-3H3. The van der Waals surface area contributed by atoms with Crippen LogP contribution in [0.1, 0.15) is 76.3 Å². The Kier molecular flexibility index (Phi) is 8.18. The molecule has 0 saturated carbocycles. The molecule has 2 heterocycles. The number of pyridine rings is 1. The van der Waals surface area contributed by atoms with Gasteiger partial charge in [-0.3, -0.25) is 4.72 Å². The number of aliphatic hydroxyl groups is 1. The minimum atomic E-state index is -3.99. The number of nitrogens with zero attached hydrogens (tertiary/aromatic N) is 2. The van der Waals surface area contributed by atoms with Crippen molar-refractivity contribution in [2.45, 2.75) is 75.8 Å². The van der Waals surface area contributed by atoms with Crippen molar-refractivity contribution in [1.29, 1.82) is 5.26 Å². The Balaban J connectivity index is 1.91. The number of carbonyl (C=O) groups excluding carboxylic acids is 1. The molecule has 1 aliphatic heterocycles. The maximum Gasteiger partial charge on any atom is 0.338 e. The van der Waals surface area contributed by atoms with Crippen molar-refractivity contribution in [1.82, 2.24) is 4.98 Å². The number of ether oxygens (including phenoxy) is 1. The van der Waals surface area contributed by atoms with Crippen LogP contribution in [-0.2, 0) is 19.6 Å². The fourth-order valence-electron chi connectivity index (χ4n) is 4.70. The van der Waals surface area contributed by atoms with Crippen molar-refractivity contribution in [3.63, 3.8) is 0 Å². The van der Waals surface area contributed by atoms with Crippen molar-refractivity contribution in [2.24, 2.45) is 0 Å². The summed E-state index contributed by atoms with van der Waals surface area (Å²) in [7, 11) is -3.99. The lowest BCUT2D eigenvalue weighted by molar-refractivity contribution is -0.161. The van der Waals surface area contributed by atoms with E-state index in [-0.39, 0.29) is 28.3 Å². The topological polar surface area (TPSA) is 129 Å². The number of cyclic esters (lactones) is 1. The second kappa shape index (κ2) is 10.9. The van der Waals surface area contributed by atoms with E-state index >= 15 is 0 Å². The first-order valence-corrected chi connectivity index (χ1v) is 13.3. The zero-order valence-corrected chi connectivity index (χ0v) is 21.1. The van der Waals surface area contributed by atoms with Crippen LogP contribution in [0.4, 0.5) is 5.69 Å². The normalized spacial score (nSPS) is 16.3. The predicted molar refractivity (Wildman–Crippen MR) is 132 cm³/mol. The molecule has 8 nitrogen and oxygen atoms in total. The third-order valence-electron chi connectivity index (χ3n) is 6.18. The molecule has 0 saturated heterocycles. The van der Waals surface area contributed by atoms with E-state index in [1.54, 1.807) is 24.3 Å². The second-order valence-corrected chi connectivity index (χ2v) is 10.4. The first-order chi connectivity index (χ1) is 16.7. The van der Waals surface area contributed by atoms with Crippen LogP contribution in [0.2, 0.25) is 0 Å². The molecule has 0 fully saturated rings. The van der Waals surface area contributed by atoms with Crippen LogP contribution in [0.25, 0.3) is 0 Å². The van der Waals surface area contributed by atoms with Gasteiger partial charge in [0.15, 0.2) is 5.03 Å². The summed E-state index contributed by atoms with van der Waals surface area (Å²) in [4.78, 5) is 17.0. The third-order valence-corrected chi connectivity index (χ3v) is 7.48. The van der Waals surface area contributed by atoms with Gasteiger partial charge in [0.25, 0.3) is 10.0 Å². The molecule has 0 aliphatic carbocycles. The summed E-state index contributed by atoms with van der Waals surface area (Å²) < 4.78 is 34.0. The Bertz CT molecular complexity index is 1240. The highest BCUT2D eigenvalue weighted by Gasteiger charge is 2.42. The molecule has 0 amide bonds. The molecule has 0 radical (unpaired) electrons. The second-order valence-electron chi connectivity index (χ2n) is 8.80. The Morgan fingerprint density at radius 1 is 1.20 bits per heavy atom. The lowest BCUT2D eigenvalue weighted by Crippen LogP contribution is -2.41. The summed E-state index contributed by atoms with van der Waals surface area (Å²) in [5.74, 6) is -0.931. The number of hydrogen-bond donors (Lipinski definition) is 2. The molecular weight excluding hydrogens is 466 g/mol. The van der Waals surface area contributed by atoms with Gasteiger partial charge in [0.2, 0.25) is 0 Å². The summed E-state index contributed by atoms with van der Waals surface area (Å²) in [6, 6.07) is 11.3.